The summed E-state index contributed by atoms with van der Waals surface area (Å²) in [6.07, 6.45) is 0.777. The van der Waals surface area contributed by atoms with E-state index >= 15 is 0 Å². The van der Waals surface area contributed by atoms with Gasteiger partial charge in [0.2, 0.25) is 11.8 Å². The van der Waals surface area contributed by atoms with Crippen LogP contribution in [0.4, 0.5) is 0 Å². The second-order valence-electron chi connectivity index (χ2n) is 9.21. The molecule has 4 aromatic rings. The molecule has 0 aliphatic heterocycles. The lowest BCUT2D eigenvalue weighted by atomic mass is 9.87. The van der Waals surface area contributed by atoms with Gasteiger partial charge in [-0.1, -0.05) is 60.7 Å². The van der Waals surface area contributed by atoms with Crippen LogP contribution in [0.15, 0.2) is 72.8 Å². The van der Waals surface area contributed by atoms with Crippen molar-refractivity contribution in [2.75, 3.05) is 0 Å². The molecule has 0 fully saturated rings. The minimum atomic E-state index is -0.424. The van der Waals surface area contributed by atoms with E-state index in [0.717, 1.165) is 50.9 Å². The molecule has 0 aromatic heterocycles. The summed E-state index contributed by atoms with van der Waals surface area (Å²) < 4.78 is 0. The zero-order valence-electron chi connectivity index (χ0n) is 20.6. The Labute approximate surface area is 206 Å². The molecule has 0 bridgehead atoms. The fourth-order valence-electron chi connectivity index (χ4n) is 5.23. The highest BCUT2D eigenvalue weighted by molar-refractivity contribution is 6.01. The predicted octanol–water partition coefficient (Wildman–Crippen LogP) is 6.04. The van der Waals surface area contributed by atoms with Gasteiger partial charge in [0.05, 0.1) is 0 Å². The number of rotatable bonds is 6. The van der Waals surface area contributed by atoms with E-state index in [-0.39, 0.29) is 0 Å². The van der Waals surface area contributed by atoms with Gasteiger partial charge in [-0.3, -0.25) is 9.59 Å². The van der Waals surface area contributed by atoms with E-state index in [4.69, 9.17) is 11.5 Å². The number of primary amides is 2. The molecular formula is C31H30N2O2. The average molecular weight is 463 g/mol. The van der Waals surface area contributed by atoms with Crippen molar-refractivity contribution in [3.8, 4) is 22.3 Å². The Balaban J connectivity index is 1.71. The summed E-state index contributed by atoms with van der Waals surface area (Å²) in [7, 11) is 0. The lowest BCUT2D eigenvalue weighted by molar-refractivity contribution is 0.0992. The zero-order valence-corrected chi connectivity index (χ0v) is 20.6. The summed E-state index contributed by atoms with van der Waals surface area (Å²) in [5.74, 6) is -0.847. The highest BCUT2D eigenvalue weighted by Gasteiger charge is 2.16. The van der Waals surface area contributed by atoms with Gasteiger partial charge in [0.25, 0.3) is 0 Å². The summed E-state index contributed by atoms with van der Waals surface area (Å²) in [5.41, 5.74) is 23.0. The van der Waals surface area contributed by atoms with Gasteiger partial charge >= 0.3 is 0 Å². The lowest BCUT2D eigenvalue weighted by Gasteiger charge is -2.17. The Bertz CT molecular complexity index is 1310. The molecule has 0 saturated carbocycles. The fraction of sp³-hybridized carbons (Fsp3) is 0.161. The van der Waals surface area contributed by atoms with Crippen LogP contribution in [0.5, 0.6) is 0 Å². The number of carbonyl (C=O) groups is 2. The van der Waals surface area contributed by atoms with Crippen molar-refractivity contribution < 1.29 is 9.59 Å². The number of nitrogens with two attached hydrogens (primary N) is 2. The number of benzene rings is 4. The molecule has 0 unspecified atom stereocenters. The first-order valence-corrected chi connectivity index (χ1v) is 11.7. The molecule has 2 amide bonds. The molecule has 4 rings (SSSR count). The van der Waals surface area contributed by atoms with Gasteiger partial charge in [-0.2, -0.15) is 0 Å². The van der Waals surface area contributed by atoms with Crippen molar-refractivity contribution in [3.05, 3.63) is 117 Å². The minimum Gasteiger partial charge on any atom is -0.366 e. The van der Waals surface area contributed by atoms with Crippen LogP contribution < -0.4 is 11.5 Å². The molecule has 176 valence electrons. The SMILES string of the molecule is Cc1cc(Cc2cc(C)c(-c3ccccc3C(N)=O)c(C)c2)cc(C)c1-c1ccccc1C(N)=O. The Morgan fingerprint density at radius 3 is 1.20 bits per heavy atom. The Morgan fingerprint density at radius 2 is 0.886 bits per heavy atom. The van der Waals surface area contributed by atoms with Crippen molar-refractivity contribution in [1.82, 2.24) is 0 Å². The maximum absolute atomic E-state index is 12.0. The van der Waals surface area contributed by atoms with Crippen molar-refractivity contribution in [1.29, 1.82) is 0 Å². The molecule has 4 N–H and O–H groups in total. The van der Waals surface area contributed by atoms with E-state index < -0.39 is 11.8 Å². The molecule has 0 atom stereocenters. The summed E-state index contributed by atoms with van der Waals surface area (Å²) >= 11 is 0. The zero-order chi connectivity index (χ0) is 25.3. The smallest absolute Gasteiger partial charge is 0.249 e. The van der Waals surface area contributed by atoms with Gasteiger partial charge in [-0.15, -0.1) is 0 Å². The standard InChI is InChI=1S/C31H30N2O2/c1-18-13-22(14-19(2)28(18)24-9-5-7-11-26(24)30(32)34)17-23-15-20(3)29(21(4)16-23)25-10-6-8-12-27(25)31(33)35/h5-16H,17H2,1-4H3,(H2,32,34)(H2,33,35). The third-order valence-electron chi connectivity index (χ3n) is 6.52. The number of hydrogen-bond acceptors (Lipinski definition) is 2. The van der Waals surface area contributed by atoms with E-state index in [2.05, 4.69) is 52.0 Å². The Morgan fingerprint density at radius 1 is 0.571 bits per heavy atom. The van der Waals surface area contributed by atoms with Gasteiger partial charge in [0, 0.05) is 11.1 Å². The van der Waals surface area contributed by atoms with Crippen LogP contribution in [0.3, 0.4) is 0 Å². The van der Waals surface area contributed by atoms with Gasteiger partial charge in [0.15, 0.2) is 0 Å². The summed E-state index contributed by atoms with van der Waals surface area (Å²) in [4.78, 5) is 23.9. The first kappa shape index (κ1) is 24.0. The van der Waals surface area contributed by atoms with E-state index in [1.54, 1.807) is 12.1 Å². The third-order valence-corrected chi connectivity index (χ3v) is 6.52. The fourth-order valence-corrected chi connectivity index (χ4v) is 5.23. The predicted molar refractivity (Wildman–Crippen MR) is 143 cm³/mol. The van der Waals surface area contributed by atoms with E-state index in [1.165, 1.54) is 11.1 Å². The lowest BCUT2D eigenvalue weighted by Crippen LogP contribution is -2.12. The monoisotopic (exact) mass is 462 g/mol. The Hall–Kier alpha value is -4.18. The largest absolute Gasteiger partial charge is 0.366 e. The summed E-state index contributed by atoms with van der Waals surface area (Å²) in [6.45, 7) is 8.29. The van der Waals surface area contributed by atoms with Crippen LogP contribution in [0.1, 0.15) is 54.1 Å². The van der Waals surface area contributed by atoms with Crippen LogP contribution in [-0.4, -0.2) is 11.8 Å². The first-order valence-electron chi connectivity index (χ1n) is 11.7. The number of aryl methyl sites for hydroxylation is 4. The van der Waals surface area contributed by atoms with E-state index in [9.17, 15) is 9.59 Å². The van der Waals surface area contributed by atoms with Crippen LogP contribution in [0, 0.1) is 27.7 Å². The molecule has 4 nitrogen and oxygen atoms in total. The quantitative estimate of drug-likeness (QED) is 0.366. The van der Waals surface area contributed by atoms with Crippen molar-refractivity contribution in [3.63, 3.8) is 0 Å². The van der Waals surface area contributed by atoms with E-state index in [1.807, 2.05) is 36.4 Å². The maximum atomic E-state index is 12.0. The van der Waals surface area contributed by atoms with Crippen LogP contribution in [0.25, 0.3) is 22.3 Å². The second-order valence-corrected chi connectivity index (χ2v) is 9.21. The topological polar surface area (TPSA) is 86.2 Å². The number of carbonyl (C=O) groups excluding carboxylic acids is 2. The second kappa shape index (κ2) is 9.59. The summed E-state index contributed by atoms with van der Waals surface area (Å²) in [6, 6.07) is 23.7. The van der Waals surface area contributed by atoms with Crippen molar-refractivity contribution in [2.24, 2.45) is 11.5 Å². The van der Waals surface area contributed by atoms with Crippen LogP contribution in [-0.2, 0) is 6.42 Å². The van der Waals surface area contributed by atoms with Gasteiger partial charge in [-0.25, -0.2) is 0 Å². The minimum absolute atomic E-state index is 0.424. The van der Waals surface area contributed by atoms with Gasteiger partial charge in [0.1, 0.15) is 0 Å². The molecule has 0 spiro atoms. The first-order chi connectivity index (χ1) is 16.7. The van der Waals surface area contributed by atoms with E-state index in [0.29, 0.717) is 11.1 Å². The highest BCUT2D eigenvalue weighted by atomic mass is 16.1. The molecular weight excluding hydrogens is 432 g/mol. The maximum Gasteiger partial charge on any atom is 0.249 e. The van der Waals surface area contributed by atoms with Crippen LogP contribution in [0.2, 0.25) is 0 Å². The van der Waals surface area contributed by atoms with Crippen LogP contribution >= 0.6 is 0 Å². The van der Waals surface area contributed by atoms with Crippen molar-refractivity contribution >= 4 is 11.8 Å². The molecule has 0 heterocycles. The Kier molecular flexibility index (Phi) is 6.57. The molecule has 0 aliphatic rings. The molecule has 4 aromatic carbocycles. The van der Waals surface area contributed by atoms with Gasteiger partial charge < -0.3 is 11.5 Å². The normalized spacial score (nSPS) is 10.9. The third kappa shape index (κ3) is 4.73. The number of hydrogen-bond donors (Lipinski definition) is 2. The molecule has 35 heavy (non-hydrogen) atoms. The molecule has 4 heteroatoms. The average Bonchev–Trinajstić information content (AvgIpc) is 2.78. The van der Waals surface area contributed by atoms with Gasteiger partial charge in [-0.05, 0) is 102 Å². The highest BCUT2D eigenvalue weighted by Crippen LogP contribution is 2.34. The van der Waals surface area contributed by atoms with Crippen molar-refractivity contribution in [2.45, 2.75) is 34.1 Å². The number of amides is 2. The summed E-state index contributed by atoms with van der Waals surface area (Å²) in [5, 5.41) is 0. The molecule has 0 radical (unpaired) electrons. The molecule has 0 saturated heterocycles. The molecule has 0 aliphatic carbocycles.